The fourth-order valence-electron chi connectivity index (χ4n) is 1.82. The van der Waals surface area contributed by atoms with Crippen LogP contribution in [-0.4, -0.2) is 16.1 Å². The molecule has 0 atom stereocenters. The Bertz CT molecular complexity index is 578. The summed E-state index contributed by atoms with van der Waals surface area (Å²) in [6.07, 6.45) is 3.54. The van der Waals surface area contributed by atoms with Gasteiger partial charge in [0.25, 0.3) is 0 Å². The second kappa shape index (κ2) is 5.74. The minimum atomic E-state index is -0.274. The largest absolute Gasteiger partial charge is 0.355 e. The van der Waals surface area contributed by atoms with E-state index in [4.69, 9.17) is 0 Å². The smallest absolute Gasteiger partial charge is 0.207 e. The molecule has 0 spiro atoms. The third-order valence-electron chi connectivity index (χ3n) is 2.81. The molecule has 2 aromatic rings. The van der Waals surface area contributed by atoms with E-state index in [-0.39, 0.29) is 5.82 Å². The molecule has 0 unspecified atom stereocenters. The average Bonchev–Trinajstić information content (AvgIpc) is 2.79. The summed E-state index contributed by atoms with van der Waals surface area (Å²) in [5.74, 6) is 0.982. The normalized spacial score (nSPS) is 11.1. The molecular formula is C14H17BrFN3. The molecule has 0 aliphatic heterocycles. The van der Waals surface area contributed by atoms with Gasteiger partial charge in [-0.1, -0.05) is 13.8 Å². The second-order valence-electron chi connectivity index (χ2n) is 4.95. The zero-order valence-electron chi connectivity index (χ0n) is 11.2. The fourth-order valence-corrected chi connectivity index (χ4v) is 2.28. The maximum Gasteiger partial charge on any atom is 0.207 e. The van der Waals surface area contributed by atoms with Crippen molar-refractivity contribution in [3.8, 4) is 5.69 Å². The van der Waals surface area contributed by atoms with Crippen molar-refractivity contribution in [3.05, 3.63) is 40.4 Å². The van der Waals surface area contributed by atoms with Gasteiger partial charge in [0, 0.05) is 18.9 Å². The van der Waals surface area contributed by atoms with Crippen LogP contribution in [0.4, 0.5) is 10.3 Å². The summed E-state index contributed by atoms with van der Waals surface area (Å²) in [5.41, 5.74) is 1.78. The first kappa shape index (κ1) is 14.1. The Kier molecular flexibility index (Phi) is 4.24. The number of aromatic nitrogens is 2. The van der Waals surface area contributed by atoms with Gasteiger partial charge in [0.2, 0.25) is 5.95 Å². The predicted octanol–water partition coefficient (Wildman–Crippen LogP) is 4.15. The molecule has 0 fully saturated rings. The average molecular weight is 326 g/mol. The van der Waals surface area contributed by atoms with Gasteiger partial charge in [-0.25, -0.2) is 9.37 Å². The van der Waals surface area contributed by atoms with Crippen LogP contribution in [0, 0.1) is 18.7 Å². The number of anilines is 1. The lowest BCUT2D eigenvalue weighted by Gasteiger charge is -2.14. The summed E-state index contributed by atoms with van der Waals surface area (Å²) < 4.78 is 16.0. The van der Waals surface area contributed by atoms with E-state index in [0.29, 0.717) is 10.4 Å². The molecule has 2 rings (SSSR count). The highest BCUT2D eigenvalue weighted by molar-refractivity contribution is 9.10. The maximum atomic E-state index is 13.7. The van der Waals surface area contributed by atoms with E-state index in [1.54, 1.807) is 12.3 Å². The maximum absolute atomic E-state index is 13.7. The van der Waals surface area contributed by atoms with Crippen LogP contribution in [0.1, 0.15) is 19.4 Å². The van der Waals surface area contributed by atoms with Crippen molar-refractivity contribution in [2.24, 2.45) is 5.92 Å². The topological polar surface area (TPSA) is 29.9 Å². The number of hydrogen-bond donors (Lipinski definition) is 1. The lowest BCUT2D eigenvalue weighted by Crippen LogP contribution is -2.12. The molecule has 0 aliphatic rings. The van der Waals surface area contributed by atoms with E-state index in [9.17, 15) is 4.39 Å². The molecule has 102 valence electrons. The number of hydrogen-bond acceptors (Lipinski definition) is 2. The standard InChI is InChI=1S/C14H17BrFN3/c1-9(2)8-18-14-17-4-5-19(14)13-7-12(16)11(15)6-10(13)3/h4-7,9H,8H2,1-3H3,(H,17,18). The first-order chi connectivity index (χ1) is 8.99. The van der Waals surface area contributed by atoms with Crippen molar-refractivity contribution >= 4 is 21.9 Å². The van der Waals surface area contributed by atoms with Gasteiger partial charge in [0.1, 0.15) is 5.82 Å². The highest BCUT2D eigenvalue weighted by Crippen LogP contribution is 2.25. The van der Waals surface area contributed by atoms with Crippen molar-refractivity contribution in [2.45, 2.75) is 20.8 Å². The van der Waals surface area contributed by atoms with Crippen molar-refractivity contribution in [3.63, 3.8) is 0 Å². The lowest BCUT2D eigenvalue weighted by atomic mass is 10.2. The van der Waals surface area contributed by atoms with Gasteiger partial charge in [0.05, 0.1) is 10.2 Å². The molecule has 1 N–H and O–H groups in total. The summed E-state index contributed by atoms with van der Waals surface area (Å²) in [4.78, 5) is 4.28. The first-order valence-corrected chi connectivity index (χ1v) is 7.01. The Hall–Kier alpha value is -1.36. The SMILES string of the molecule is Cc1cc(Br)c(F)cc1-n1ccnc1NCC(C)C. The minimum Gasteiger partial charge on any atom is -0.355 e. The van der Waals surface area contributed by atoms with Gasteiger partial charge in [0.15, 0.2) is 0 Å². The number of imidazole rings is 1. The van der Waals surface area contributed by atoms with Crippen LogP contribution >= 0.6 is 15.9 Å². The van der Waals surface area contributed by atoms with Crippen LogP contribution in [0.3, 0.4) is 0 Å². The van der Waals surface area contributed by atoms with E-state index in [2.05, 4.69) is 40.1 Å². The summed E-state index contributed by atoms with van der Waals surface area (Å²) in [6.45, 7) is 7.04. The molecule has 1 aromatic heterocycles. The molecule has 0 saturated heterocycles. The van der Waals surface area contributed by atoms with E-state index >= 15 is 0 Å². The Morgan fingerprint density at radius 1 is 1.42 bits per heavy atom. The third kappa shape index (κ3) is 3.15. The molecule has 0 radical (unpaired) electrons. The molecule has 0 saturated carbocycles. The molecule has 0 bridgehead atoms. The molecule has 3 nitrogen and oxygen atoms in total. The Labute approximate surface area is 121 Å². The lowest BCUT2D eigenvalue weighted by molar-refractivity contribution is 0.619. The van der Waals surface area contributed by atoms with E-state index in [1.165, 1.54) is 6.07 Å². The quantitative estimate of drug-likeness (QED) is 0.915. The second-order valence-corrected chi connectivity index (χ2v) is 5.80. The summed E-state index contributed by atoms with van der Waals surface area (Å²) in [6, 6.07) is 3.29. The van der Waals surface area contributed by atoms with Crippen LogP contribution in [0.5, 0.6) is 0 Å². The Morgan fingerprint density at radius 3 is 2.84 bits per heavy atom. The van der Waals surface area contributed by atoms with Crippen LogP contribution in [-0.2, 0) is 0 Å². The van der Waals surface area contributed by atoms with Crippen molar-refractivity contribution in [1.82, 2.24) is 9.55 Å². The number of aryl methyl sites for hydroxylation is 1. The van der Waals surface area contributed by atoms with Crippen molar-refractivity contribution < 1.29 is 4.39 Å². The highest BCUT2D eigenvalue weighted by Gasteiger charge is 2.11. The number of benzene rings is 1. The molecular weight excluding hydrogens is 309 g/mol. The predicted molar refractivity (Wildman–Crippen MR) is 79.3 cm³/mol. The van der Waals surface area contributed by atoms with Gasteiger partial charge in [-0.15, -0.1) is 0 Å². The number of nitrogens with one attached hydrogen (secondary N) is 1. The van der Waals surface area contributed by atoms with Crippen LogP contribution < -0.4 is 5.32 Å². The third-order valence-corrected chi connectivity index (χ3v) is 3.42. The number of nitrogens with zero attached hydrogens (tertiary/aromatic N) is 2. The molecule has 5 heteroatoms. The first-order valence-electron chi connectivity index (χ1n) is 6.22. The van der Waals surface area contributed by atoms with Crippen LogP contribution in [0.2, 0.25) is 0 Å². The van der Waals surface area contributed by atoms with E-state index < -0.39 is 0 Å². The molecule has 0 amide bonds. The monoisotopic (exact) mass is 325 g/mol. The fraction of sp³-hybridized carbons (Fsp3) is 0.357. The van der Waals surface area contributed by atoms with E-state index in [0.717, 1.165) is 23.7 Å². The Balaban J connectivity index is 2.37. The van der Waals surface area contributed by atoms with Crippen molar-refractivity contribution in [1.29, 1.82) is 0 Å². The number of halogens is 2. The van der Waals surface area contributed by atoms with Crippen LogP contribution in [0.25, 0.3) is 5.69 Å². The van der Waals surface area contributed by atoms with Gasteiger partial charge in [-0.05, 0) is 46.5 Å². The van der Waals surface area contributed by atoms with Crippen molar-refractivity contribution in [2.75, 3.05) is 11.9 Å². The van der Waals surface area contributed by atoms with Crippen LogP contribution in [0.15, 0.2) is 29.0 Å². The molecule has 0 aliphatic carbocycles. The van der Waals surface area contributed by atoms with Gasteiger partial charge < -0.3 is 5.32 Å². The zero-order valence-corrected chi connectivity index (χ0v) is 12.8. The molecule has 1 heterocycles. The van der Waals surface area contributed by atoms with Gasteiger partial charge in [-0.3, -0.25) is 4.57 Å². The minimum absolute atomic E-state index is 0.274. The summed E-state index contributed by atoms with van der Waals surface area (Å²) in [5, 5.41) is 3.27. The van der Waals surface area contributed by atoms with E-state index in [1.807, 2.05) is 17.7 Å². The highest BCUT2D eigenvalue weighted by atomic mass is 79.9. The summed E-state index contributed by atoms with van der Waals surface area (Å²) in [7, 11) is 0. The van der Waals surface area contributed by atoms with Gasteiger partial charge >= 0.3 is 0 Å². The van der Waals surface area contributed by atoms with Gasteiger partial charge in [-0.2, -0.15) is 0 Å². The molecule has 19 heavy (non-hydrogen) atoms. The zero-order chi connectivity index (χ0) is 14.0. The summed E-state index contributed by atoms with van der Waals surface area (Å²) >= 11 is 3.20. The molecule has 1 aromatic carbocycles. The Morgan fingerprint density at radius 2 is 2.16 bits per heavy atom. The number of rotatable bonds is 4.